The molecule has 6 heteroatoms. The molecule has 0 radical (unpaired) electrons. The van der Waals surface area contributed by atoms with E-state index in [-0.39, 0.29) is 0 Å². The molecule has 2 N–H and O–H groups in total. The molecule has 0 atom stereocenters. The smallest absolute Gasteiger partial charge is 0.182 e. The molecule has 13 heavy (non-hydrogen) atoms. The summed E-state index contributed by atoms with van der Waals surface area (Å²) in [6.07, 6.45) is 2.89. The van der Waals surface area contributed by atoms with Gasteiger partial charge in [0.15, 0.2) is 11.5 Å². The summed E-state index contributed by atoms with van der Waals surface area (Å²) in [5.41, 5.74) is 1.20. The molecule has 0 spiro atoms. The maximum Gasteiger partial charge on any atom is 0.182 e. The zero-order chi connectivity index (χ0) is 9.26. The lowest BCUT2D eigenvalue weighted by Crippen LogP contribution is -2.18. The van der Waals surface area contributed by atoms with Crippen molar-refractivity contribution in [2.45, 2.75) is 6.92 Å². The lowest BCUT2D eigenvalue weighted by atomic mass is 10.5. The van der Waals surface area contributed by atoms with Crippen molar-refractivity contribution in [2.24, 2.45) is 0 Å². The Kier molecular flexibility index (Phi) is 1.82. The number of aromatic amines is 1. The fraction of sp³-hybridized carbons (Fsp3) is 0.286. The molecule has 0 aliphatic carbocycles. The quantitative estimate of drug-likeness (QED) is 0.659. The first kappa shape index (κ1) is 7.93. The second-order valence-corrected chi connectivity index (χ2v) is 2.51. The fourth-order valence-corrected chi connectivity index (χ4v) is 1.10. The number of nitrogens with one attached hydrogen (secondary N) is 1. The van der Waals surface area contributed by atoms with Crippen LogP contribution in [0.5, 0.6) is 0 Å². The van der Waals surface area contributed by atoms with Crippen LogP contribution in [0.25, 0.3) is 11.2 Å². The average molecular weight is 179 g/mol. The highest BCUT2D eigenvalue weighted by Crippen LogP contribution is 2.17. The van der Waals surface area contributed by atoms with Crippen molar-refractivity contribution in [3.63, 3.8) is 0 Å². The number of hydroxylamine groups is 1. The van der Waals surface area contributed by atoms with Crippen LogP contribution in [0.4, 0.5) is 5.82 Å². The van der Waals surface area contributed by atoms with E-state index in [1.807, 2.05) is 6.92 Å². The SMILES string of the molecule is CCN(O)c1ncnc2nc[nH]c12. The summed E-state index contributed by atoms with van der Waals surface area (Å²) in [5, 5.41) is 10.5. The van der Waals surface area contributed by atoms with Crippen molar-refractivity contribution in [3.05, 3.63) is 12.7 Å². The van der Waals surface area contributed by atoms with Gasteiger partial charge in [-0.1, -0.05) is 0 Å². The Labute approximate surface area is 74.2 Å². The summed E-state index contributed by atoms with van der Waals surface area (Å²) >= 11 is 0. The van der Waals surface area contributed by atoms with E-state index in [9.17, 15) is 5.21 Å². The van der Waals surface area contributed by atoms with Gasteiger partial charge in [-0.15, -0.1) is 0 Å². The molecule has 2 heterocycles. The van der Waals surface area contributed by atoms with E-state index in [2.05, 4.69) is 19.9 Å². The molecule has 0 aliphatic heterocycles. The van der Waals surface area contributed by atoms with Crippen molar-refractivity contribution in [1.29, 1.82) is 0 Å². The predicted molar refractivity (Wildman–Crippen MR) is 46.5 cm³/mol. The van der Waals surface area contributed by atoms with Gasteiger partial charge >= 0.3 is 0 Å². The molecule has 0 unspecified atom stereocenters. The summed E-state index contributed by atoms with van der Waals surface area (Å²) in [6, 6.07) is 0. The summed E-state index contributed by atoms with van der Waals surface area (Å²) in [6.45, 7) is 2.29. The number of hydrogen-bond acceptors (Lipinski definition) is 5. The Balaban J connectivity index is 2.60. The Morgan fingerprint density at radius 3 is 3.08 bits per heavy atom. The summed E-state index contributed by atoms with van der Waals surface area (Å²) in [4.78, 5) is 14.7. The van der Waals surface area contributed by atoms with Crippen LogP contribution in [-0.2, 0) is 0 Å². The van der Waals surface area contributed by atoms with Crippen molar-refractivity contribution >= 4 is 17.0 Å². The minimum absolute atomic E-state index is 0.449. The Hall–Kier alpha value is -1.69. The highest BCUT2D eigenvalue weighted by atomic mass is 16.5. The van der Waals surface area contributed by atoms with Gasteiger partial charge in [0.2, 0.25) is 0 Å². The standard InChI is InChI=1S/C7H9N5O/c1-2-12(13)7-5-6(9-3-8-5)10-4-11-7/h3-4,13H,2H2,1H3,(H,8,9,10,11). The highest BCUT2D eigenvalue weighted by Gasteiger charge is 2.09. The van der Waals surface area contributed by atoms with Gasteiger partial charge in [-0.3, -0.25) is 5.21 Å². The van der Waals surface area contributed by atoms with E-state index in [0.29, 0.717) is 23.5 Å². The van der Waals surface area contributed by atoms with Crippen LogP contribution < -0.4 is 5.06 Å². The molecule has 6 nitrogen and oxygen atoms in total. The summed E-state index contributed by atoms with van der Waals surface area (Å²) in [7, 11) is 0. The maximum absolute atomic E-state index is 9.44. The second-order valence-electron chi connectivity index (χ2n) is 2.51. The molecule has 68 valence electrons. The molecule has 2 aromatic rings. The van der Waals surface area contributed by atoms with Gasteiger partial charge in [0.1, 0.15) is 11.8 Å². The normalized spacial score (nSPS) is 10.6. The largest absolute Gasteiger partial charge is 0.340 e. The first-order chi connectivity index (χ1) is 6.33. The van der Waals surface area contributed by atoms with Gasteiger partial charge in [-0.05, 0) is 6.92 Å². The van der Waals surface area contributed by atoms with E-state index >= 15 is 0 Å². The number of hydrogen-bond donors (Lipinski definition) is 2. The molecule has 2 aromatic heterocycles. The Morgan fingerprint density at radius 2 is 2.31 bits per heavy atom. The molecule has 0 bridgehead atoms. The maximum atomic E-state index is 9.44. The minimum atomic E-state index is 0.449. The van der Waals surface area contributed by atoms with Crippen LogP contribution in [0.1, 0.15) is 6.92 Å². The lowest BCUT2D eigenvalue weighted by Gasteiger charge is -2.12. The van der Waals surface area contributed by atoms with E-state index < -0.39 is 0 Å². The van der Waals surface area contributed by atoms with Crippen LogP contribution >= 0.6 is 0 Å². The number of imidazole rings is 1. The van der Waals surface area contributed by atoms with Gasteiger partial charge in [-0.25, -0.2) is 20.0 Å². The zero-order valence-electron chi connectivity index (χ0n) is 7.10. The number of anilines is 1. The van der Waals surface area contributed by atoms with Crippen molar-refractivity contribution in [2.75, 3.05) is 11.6 Å². The third-order valence-electron chi connectivity index (χ3n) is 1.75. The molecular formula is C7H9N5O. The Bertz CT molecular complexity index is 412. The first-order valence-electron chi connectivity index (χ1n) is 3.93. The second kappa shape index (κ2) is 2.98. The minimum Gasteiger partial charge on any atom is -0.340 e. The molecule has 0 fully saturated rings. The summed E-state index contributed by atoms with van der Waals surface area (Å²) in [5.74, 6) is 0.449. The fourth-order valence-electron chi connectivity index (χ4n) is 1.10. The van der Waals surface area contributed by atoms with Crippen LogP contribution in [-0.4, -0.2) is 31.7 Å². The van der Waals surface area contributed by atoms with Crippen molar-refractivity contribution in [3.8, 4) is 0 Å². The lowest BCUT2D eigenvalue weighted by molar-refractivity contribution is 0.257. The van der Waals surface area contributed by atoms with Crippen LogP contribution in [0.15, 0.2) is 12.7 Å². The number of fused-ring (bicyclic) bond motifs is 1. The number of rotatable bonds is 2. The third kappa shape index (κ3) is 1.20. The molecule has 0 aliphatic rings. The molecule has 0 aromatic carbocycles. The first-order valence-corrected chi connectivity index (χ1v) is 3.93. The summed E-state index contributed by atoms with van der Waals surface area (Å²) < 4.78 is 0. The van der Waals surface area contributed by atoms with Gasteiger partial charge in [0.25, 0.3) is 0 Å². The predicted octanol–water partition coefficient (Wildman–Crippen LogP) is 0.568. The van der Waals surface area contributed by atoms with Crippen LogP contribution in [0, 0.1) is 0 Å². The van der Waals surface area contributed by atoms with Crippen LogP contribution in [0.3, 0.4) is 0 Å². The molecule has 2 rings (SSSR count). The van der Waals surface area contributed by atoms with Gasteiger partial charge in [0, 0.05) is 6.54 Å². The van der Waals surface area contributed by atoms with Crippen molar-refractivity contribution < 1.29 is 5.21 Å². The van der Waals surface area contributed by atoms with Crippen LogP contribution in [0.2, 0.25) is 0 Å². The molecule has 0 amide bonds. The van der Waals surface area contributed by atoms with Crippen molar-refractivity contribution in [1.82, 2.24) is 19.9 Å². The van der Waals surface area contributed by atoms with E-state index in [0.717, 1.165) is 5.06 Å². The van der Waals surface area contributed by atoms with Gasteiger partial charge in [0.05, 0.1) is 6.33 Å². The number of H-pyrrole nitrogens is 1. The van der Waals surface area contributed by atoms with E-state index in [1.165, 1.54) is 12.7 Å². The monoisotopic (exact) mass is 179 g/mol. The number of nitrogens with zero attached hydrogens (tertiary/aromatic N) is 4. The molecule has 0 saturated carbocycles. The Morgan fingerprint density at radius 1 is 1.46 bits per heavy atom. The molecular weight excluding hydrogens is 170 g/mol. The number of aromatic nitrogens is 4. The van der Waals surface area contributed by atoms with Gasteiger partial charge < -0.3 is 4.98 Å². The average Bonchev–Trinajstić information content (AvgIpc) is 2.63. The third-order valence-corrected chi connectivity index (χ3v) is 1.75. The zero-order valence-corrected chi connectivity index (χ0v) is 7.10. The van der Waals surface area contributed by atoms with E-state index in [4.69, 9.17) is 0 Å². The topological polar surface area (TPSA) is 77.9 Å². The highest BCUT2D eigenvalue weighted by molar-refractivity contribution is 5.81. The van der Waals surface area contributed by atoms with E-state index in [1.54, 1.807) is 0 Å². The van der Waals surface area contributed by atoms with Gasteiger partial charge in [-0.2, -0.15) is 0 Å². The molecule has 0 saturated heterocycles.